The Morgan fingerprint density at radius 2 is 2.28 bits per heavy atom. The first kappa shape index (κ1) is 11.4. The molecule has 0 spiro atoms. The smallest absolute Gasteiger partial charge is 0.255 e. The summed E-state index contributed by atoms with van der Waals surface area (Å²) in [6, 6.07) is 7.86. The van der Waals surface area contributed by atoms with E-state index in [1.807, 2.05) is 29.0 Å². The molecule has 1 aliphatic heterocycles. The van der Waals surface area contributed by atoms with E-state index in [0.29, 0.717) is 0 Å². The van der Waals surface area contributed by atoms with Gasteiger partial charge in [0.25, 0.3) is 5.91 Å². The summed E-state index contributed by atoms with van der Waals surface area (Å²) in [7, 11) is 0. The molecule has 0 fully saturated rings. The lowest BCUT2D eigenvalue weighted by Gasteiger charge is -2.19. The minimum absolute atomic E-state index is 0.00727. The molecule has 2 heterocycles. The van der Waals surface area contributed by atoms with Crippen LogP contribution in [0, 0.1) is 0 Å². The monoisotopic (exact) mass is 258 g/mol. The molecule has 3 nitrogen and oxygen atoms in total. The zero-order chi connectivity index (χ0) is 12.4. The van der Waals surface area contributed by atoms with Gasteiger partial charge in [0.1, 0.15) is 0 Å². The fourth-order valence-corrected chi connectivity index (χ4v) is 2.87. The second-order valence-electron chi connectivity index (χ2n) is 4.34. The first-order chi connectivity index (χ1) is 8.84. The molecule has 0 saturated heterocycles. The summed E-state index contributed by atoms with van der Waals surface area (Å²) in [6.07, 6.45) is 0.919. The molecule has 92 valence electrons. The van der Waals surface area contributed by atoms with Gasteiger partial charge in [-0.2, -0.15) is 11.3 Å². The number of thiophene rings is 1. The number of benzene rings is 1. The van der Waals surface area contributed by atoms with Gasteiger partial charge in [-0.15, -0.1) is 0 Å². The van der Waals surface area contributed by atoms with Crippen molar-refractivity contribution in [1.29, 1.82) is 0 Å². The zero-order valence-corrected chi connectivity index (χ0v) is 10.7. The Morgan fingerprint density at radius 3 is 3.11 bits per heavy atom. The summed E-state index contributed by atoms with van der Waals surface area (Å²) in [5.74, 6) is -0.00727. The molecule has 0 bridgehead atoms. The third-order valence-electron chi connectivity index (χ3n) is 3.16. The maximum absolute atomic E-state index is 12.3. The predicted octanol–water partition coefficient (Wildman–Crippen LogP) is 2.65. The van der Waals surface area contributed by atoms with Crippen molar-refractivity contribution in [3.63, 3.8) is 0 Å². The largest absolute Gasteiger partial charge is 0.321 e. The number of amides is 1. The van der Waals surface area contributed by atoms with E-state index in [1.54, 1.807) is 11.3 Å². The minimum atomic E-state index is -0.00727. The summed E-state index contributed by atoms with van der Waals surface area (Å²) >= 11 is 1.58. The Bertz CT molecular complexity index is 563. The van der Waals surface area contributed by atoms with Gasteiger partial charge in [0.2, 0.25) is 0 Å². The van der Waals surface area contributed by atoms with E-state index in [-0.39, 0.29) is 5.91 Å². The first-order valence-electron chi connectivity index (χ1n) is 5.99. The first-order valence-corrected chi connectivity index (χ1v) is 6.94. The second-order valence-corrected chi connectivity index (χ2v) is 5.12. The van der Waals surface area contributed by atoms with Crippen molar-refractivity contribution < 1.29 is 4.79 Å². The number of carbonyl (C=O) groups is 1. The molecule has 2 aromatic rings. The van der Waals surface area contributed by atoms with Gasteiger partial charge in [-0.3, -0.25) is 4.79 Å². The van der Waals surface area contributed by atoms with E-state index in [9.17, 15) is 4.79 Å². The second kappa shape index (κ2) is 4.92. The standard InChI is InChI=1S/C14H14N2OS/c17-14(16-11-5-7-18-9-11)13-3-1-2-10-8-15-6-4-12(10)13/h1-3,5,7,9,15H,4,6,8H2,(H,16,17). The Morgan fingerprint density at radius 1 is 1.33 bits per heavy atom. The van der Waals surface area contributed by atoms with Crippen molar-refractivity contribution >= 4 is 22.9 Å². The lowest BCUT2D eigenvalue weighted by atomic mass is 9.95. The number of carbonyl (C=O) groups excluding carboxylic acids is 1. The third kappa shape index (κ3) is 2.17. The van der Waals surface area contributed by atoms with Gasteiger partial charge < -0.3 is 10.6 Å². The Labute approximate surface area is 110 Å². The van der Waals surface area contributed by atoms with Gasteiger partial charge in [0, 0.05) is 17.5 Å². The van der Waals surface area contributed by atoms with Gasteiger partial charge in [0.15, 0.2) is 0 Å². The maximum Gasteiger partial charge on any atom is 0.255 e. The van der Waals surface area contributed by atoms with Crippen LogP contribution in [0.25, 0.3) is 0 Å². The molecule has 4 heteroatoms. The van der Waals surface area contributed by atoms with Crippen molar-refractivity contribution in [2.24, 2.45) is 0 Å². The average Bonchev–Trinajstić information content (AvgIpc) is 2.91. The fourth-order valence-electron chi connectivity index (χ4n) is 2.28. The molecule has 0 atom stereocenters. The van der Waals surface area contributed by atoms with Crippen LogP contribution in [0.2, 0.25) is 0 Å². The molecule has 1 aromatic carbocycles. The number of hydrogen-bond acceptors (Lipinski definition) is 3. The van der Waals surface area contributed by atoms with Crippen LogP contribution in [0.3, 0.4) is 0 Å². The molecule has 1 aromatic heterocycles. The number of fused-ring (bicyclic) bond motifs is 1. The lowest BCUT2D eigenvalue weighted by molar-refractivity contribution is 0.102. The highest BCUT2D eigenvalue weighted by Gasteiger charge is 2.17. The molecule has 18 heavy (non-hydrogen) atoms. The number of nitrogens with one attached hydrogen (secondary N) is 2. The molecule has 2 N–H and O–H groups in total. The molecule has 3 rings (SSSR count). The molecule has 0 unspecified atom stereocenters. The van der Waals surface area contributed by atoms with E-state index < -0.39 is 0 Å². The number of hydrogen-bond donors (Lipinski definition) is 2. The number of anilines is 1. The SMILES string of the molecule is O=C(Nc1ccsc1)c1cccc2c1CCNC2. The predicted molar refractivity (Wildman–Crippen MR) is 74.1 cm³/mol. The van der Waals surface area contributed by atoms with Crippen molar-refractivity contribution in [2.45, 2.75) is 13.0 Å². The quantitative estimate of drug-likeness (QED) is 0.869. The van der Waals surface area contributed by atoms with Gasteiger partial charge in [0.05, 0.1) is 5.69 Å². The van der Waals surface area contributed by atoms with Gasteiger partial charge in [-0.1, -0.05) is 12.1 Å². The molecular formula is C14H14N2OS. The molecule has 0 radical (unpaired) electrons. The normalized spacial score (nSPS) is 14.0. The van der Waals surface area contributed by atoms with Crippen molar-refractivity contribution in [3.05, 3.63) is 51.7 Å². The van der Waals surface area contributed by atoms with Crippen LogP contribution in [-0.4, -0.2) is 12.5 Å². The van der Waals surface area contributed by atoms with E-state index in [2.05, 4.69) is 16.7 Å². The molecular weight excluding hydrogens is 244 g/mol. The summed E-state index contributed by atoms with van der Waals surface area (Å²) in [4.78, 5) is 12.3. The van der Waals surface area contributed by atoms with E-state index in [0.717, 1.165) is 30.8 Å². The lowest BCUT2D eigenvalue weighted by Crippen LogP contribution is -2.26. The Kier molecular flexibility index (Phi) is 3.13. The van der Waals surface area contributed by atoms with Gasteiger partial charge in [-0.25, -0.2) is 0 Å². The third-order valence-corrected chi connectivity index (χ3v) is 3.85. The topological polar surface area (TPSA) is 41.1 Å². The highest BCUT2D eigenvalue weighted by molar-refractivity contribution is 7.08. The highest BCUT2D eigenvalue weighted by Crippen LogP contribution is 2.20. The van der Waals surface area contributed by atoms with Crippen LogP contribution < -0.4 is 10.6 Å². The molecule has 1 aliphatic rings. The minimum Gasteiger partial charge on any atom is -0.321 e. The Hall–Kier alpha value is -1.65. The summed E-state index contributed by atoms with van der Waals surface area (Å²) < 4.78 is 0. The maximum atomic E-state index is 12.3. The van der Waals surface area contributed by atoms with Crippen molar-refractivity contribution in [2.75, 3.05) is 11.9 Å². The van der Waals surface area contributed by atoms with Gasteiger partial charge in [-0.05, 0) is 41.6 Å². The van der Waals surface area contributed by atoms with Crippen LogP contribution in [0.15, 0.2) is 35.0 Å². The van der Waals surface area contributed by atoms with Crippen molar-refractivity contribution in [1.82, 2.24) is 5.32 Å². The average molecular weight is 258 g/mol. The van der Waals surface area contributed by atoms with E-state index >= 15 is 0 Å². The van der Waals surface area contributed by atoms with Gasteiger partial charge >= 0.3 is 0 Å². The summed E-state index contributed by atoms with van der Waals surface area (Å²) in [5, 5.41) is 10.2. The van der Waals surface area contributed by atoms with Crippen LogP contribution >= 0.6 is 11.3 Å². The summed E-state index contributed by atoms with van der Waals surface area (Å²) in [5.41, 5.74) is 4.10. The van der Waals surface area contributed by atoms with E-state index in [1.165, 1.54) is 11.1 Å². The van der Waals surface area contributed by atoms with E-state index in [4.69, 9.17) is 0 Å². The number of rotatable bonds is 2. The van der Waals surface area contributed by atoms with Crippen LogP contribution in [0.5, 0.6) is 0 Å². The molecule has 0 aliphatic carbocycles. The molecule has 1 amide bonds. The van der Waals surface area contributed by atoms with Crippen LogP contribution in [0.1, 0.15) is 21.5 Å². The van der Waals surface area contributed by atoms with Crippen molar-refractivity contribution in [3.8, 4) is 0 Å². The fraction of sp³-hybridized carbons (Fsp3) is 0.214. The van der Waals surface area contributed by atoms with Crippen LogP contribution in [0.4, 0.5) is 5.69 Å². The Balaban J connectivity index is 1.89. The highest BCUT2D eigenvalue weighted by atomic mass is 32.1. The summed E-state index contributed by atoms with van der Waals surface area (Å²) in [6.45, 7) is 1.80. The van der Waals surface area contributed by atoms with Crippen LogP contribution in [-0.2, 0) is 13.0 Å². The zero-order valence-electron chi connectivity index (χ0n) is 9.90. The molecule has 0 saturated carbocycles.